The minimum Gasteiger partial charge on any atom is -0.480 e. The van der Waals surface area contributed by atoms with Crippen molar-refractivity contribution in [2.75, 3.05) is 18.1 Å². The van der Waals surface area contributed by atoms with Crippen LogP contribution in [0.5, 0.6) is 0 Å². The second-order valence-electron chi connectivity index (χ2n) is 5.24. The SMILES string of the molecule is Cc1ccc2c(c1)CCCN2C(=O)NC(CCO)C(=O)O. The molecule has 1 aliphatic heterocycles. The largest absolute Gasteiger partial charge is 0.480 e. The highest BCUT2D eigenvalue weighted by Gasteiger charge is 2.26. The highest BCUT2D eigenvalue weighted by atomic mass is 16.4. The third-order valence-corrected chi connectivity index (χ3v) is 3.61. The molecular weight excluding hydrogens is 272 g/mol. The number of aliphatic hydroxyl groups excluding tert-OH is 1. The van der Waals surface area contributed by atoms with Gasteiger partial charge in [-0.3, -0.25) is 4.90 Å². The number of aliphatic carboxylic acids is 1. The lowest BCUT2D eigenvalue weighted by atomic mass is 10.00. The molecule has 1 aromatic carbocycles. The number of benzene rings is 1. The normalized spacial score (nSPS) is 15.2. The van der Waals surface area contributed by atoms with Gasteiger partial charge >= 0.3 is 12.0 Å². The fourth-order valence-corrected chi connectivity index (χ4v) is 2.55. The van der Waals surface area contributed by atoms with Gasteiger partial charge in [0, 0.05) is 25.3 Å². The molecule has 6 heteroatoms. The molecule has 1 unspecified atom stereocenters. The number of aliphatic hydroxyl groups is 1. The maximum absolute atomic E-state index is 12.3. The predicted octanol–water partition coefficient (Wildman–Crippen LogP) is 1.29. The Morgan fingerprint density at radius 3 is 2.86 bits per heavy atom. The minimum absolute atomic E-state index is 0.00430. The Morgan fingerprint density at radius 2 is 2.19 bits per heavy atom. The first kappa shape index (κ1) is 15.3. The lowest BCUT2D eigenvalue weighted by Gasteiger charge is -2.30. The van der Waals surface area contributed by atoms with Crippen LogP contribution in [0.15, 0.2) is 18.2 Å². The molecule has 1 heterocycles. The number of anilines is 1. The summed E-state index contributed by atoms with van der Waals surface area (Å²) in [6.45, 7) is 2.28. The van der Waals surface area contributed by atoms with Crippen molar-refractivity contribution in [3.8, 4) is 0 Å². The van der Waals surface area contributed by atoms with E-state index in [1.54, 1.807) is 4.90 Å². The van der Waals surface area contributed by atoms with E-state index in [0.29, 0.717) is 6.54 Å². The Labute approximate surface area is 123 Å². The number of carboxylic acid groups (broad SMARTS) is 1. The molecule has 0 saturated carbocycles. The molecule has 1 aliphatic rings. The van der Waals surface area contributed by atoms with E-state index >= 15 is 0 Å². The molecule has 0 aromatic heterocycles. The van der Waals surface area contributed by atoms with Gasteiger partial charge in [0.1, 0.15) is 6.04 Å². The van der Waals surface area contributed by atoms with Gasteiger partial charge in [-0.05, 0) is 31.4 Å². The topological polar surface area (TPSA) is 89.9 Å². The van der Waals surface area contributed by atoms with Crippen LogP contribution in [-0.2, 0) is 11.2 Å². The monoisotopic (exact) mass is 292 g/mol. The van der Waals surface area contributed by atoms with Crippen molar-refractivity contribution in [3.05, 3.63) is 29.3 Å². The number of rotatable bonds is 4. The third kappa shape index (κ3) is 3.52. The summed E-state index contributed by atoms with van der Waals surface area (Å²) in [4.78, 5) is 24.9. The number of nitrogens with one attached hydrogen (secondary N) is 1. The van der Waals surface area contributed by atoms with E-state index in [0.717, 1.165) is 29.7 Å². The average Bonchev–Trinajstić information content (AvgIpc) is 2.45. The lowest BCUT2D eigenvalue weighted by Crippen LogP contribution is -2.49. The summed E-state index contributed by atoms with van der Waals surface area (Å²) in [5.74, 6) is -1.14. The Balaban J connectivity index is 2.16. The molecule has 0 fully saturated rings. The van der Waals surface area contributed by atoms with Gasteiger partial charge in [0.2, 0.25) is 0 Å². The van der Waals surface area contributed by atoms with Gasteiger partial charge in [-0.1, -0.05) is 17.7 Å². The van der Waals surface area contributed by atoms with Crippen LogP contribution in [0.2, 0.25) is 0 Å². The number of urea groups is 1. The van der Waals surface area contributed by atoms with Gasteiger partial charge in [-0.25, -0.2) is 9.59 Å². The molecule has 1 atom stereocenters. The summed E-state index contributed by atoms with van der Waals surface area (Å²) in [5.41, 5.74) is 3.07. The van der Waals surface area contributed by atoms with Crippen molar-refractivity contribution < 1.29 is 19.8 Å². The van der Waals surface area contributed by atoms with E-state index in [1.165, 1.54) is 0 Å². The molecule has 21 heavy (non-hydrogen) atoms. The zero-order chi connectivity index (χ0) is 15.4. The van der Waals surface area contributed by atoms with Crippen LogP contribution >= 0.6 is 0 Å². The maximum Gasteiger partial charge on any atom is 0.326 e. The summed E-state index contributed by atoms with van der Waals surface area (Å²) in [7, 11) is 0. The molecule has 0 aliphatic carbocycles. The second kappa shape index (κ2) is 6.58. The van der Waals surface area contributed by atoms with Gasteiger partial charge in [-0.2, -0.15) is 0 Å². The standard InChI is InChI=1S/C15H20N2O4/c1-10-4-5-13-11(9-10)3-2-7-17(13)15(21)16-12(6-8-18)14(19)20/h4-5,9,12,18H,2-3,6-8H2,1H3,(H,16,21)(H,19,20). The van der Waals surface area contributed by atoms with Crippen molar-refractivity contribution in [1.29, 1.82) is 0 Å². The predicted molar refractivity (Wildman–Crippen MR) is 78.5 cm³/mol. The van der Waals surface area contributed by atoms with E-state index in [1.807, 2.05) is 19.1 Å². The van der Waals surface area contributed by atoms with E-state index in [4.69, 9.17) is 10.2 Å². The van der Waals surface area contributed by atoms with Crippen molar-refractivity contribution in [1.82, 2.24) is 5.32 Å². The number of hydrogen-bond acceptors (Lipinski definition) is 3. The number of hydrogen-bond donors (Lipinski definition) is 3. The van der Waals surface area contributed by atoms with Crippen LogP contribution < -0.4 is 10.2 Å². The second-order valence-corrected chi connectivity index (χ2v) is 5.24. The fraction of sp³-hybridized carbons (Fsp3) is 0.467. The molecule has 2 rings (SSSR count). The first-order valence-corrected chi connectivity index (χ1v) is 7.04. The highest BCUT2D eigenvalue weighted by molar-refractivity contribution is 5.95. The van der Waals surface area contributed by atoms with Crippen LogP contribution in [0, 0.1) is 6.92 Å². The number of carbonyl (C=O) groups excluding carboxylic acids is 1. The number of amides is 2. The summed E-state index contributed by atoms with van der Waals surface area (Å²) in [6.07, 6.45) is 1.76. The van der Waals surface area contributed by atoms with Gasteiger partial charge in [-0.15, -0.1) is 0 Å². The Bertz CT molecular complexity index is 544. The minimum atomic E-state index is -1.14. The Morgan fingerprint density at radius 1 is 1.43 bits per heavy atom. The molecule has 6 nitrogen and oxygen atoms in total. The zero-order valence-corrected chi connectivity index (χ0v) is 12.0. The van der Waals surface area contributed by atoms with Crippen molar-refractivity contribution in [3.63, 3.8) is 0 Å². The number of carbonyl (C=O) groups is 2. The van der Waals surface area contributed by atoms with Gasteiger partial charge in [0.25, 0.3) is 0 Å². The van der Waals surface area contributed by atoms with Crippen molar-refractivity contribution >= 4 is 17.7 Å². The maximum atomic E-state index is 12.3. The van der Waals surface area contributed by atoms with E-state index in [2.05, 4.69) is 11.4 Å². The fourth-order valence-electron chi connectivity index (χ4n) is 2.55. The molecule has 2 amide bonds. The molecule has 114 valence electrons. The van der Waals surface area contributed by atoms with Crippen LogP contribution in [-0.4, -0.2) is 41.4 Å². The quantitative estimate of drug-likeness (QED) is 0.780. The third-order valence-electron chi connectivity index (χ3n) is 3.61. The van der Waals surface area contributed by atoms with Crippen LogP contribution in [0.4, 0.5) is 10.5 Å². The molecule has 0 bridgehead atoms. The first-order valence-electron chi connectivity index (χ1n) is 7.04. The van der Waals surface area contributed by atoms with E-state index < -0.39 is 18.0 Å². The molecule has 3 N–H and O–H groups in total. The molecule has 0 spiro atoms. The number of nitrogens with zero attached hydrogens (tertiary/aromatic N) is 1. The molecule has 0 saturated heterocycles. The van der Waals surface area contributed by atoms with E-state index in [9.17, 15) is 9.59 Å². The summed E-state index contributed by atoms with van der Waals surface area (Å²) >= 11 is 0. The smallest absolute Gasteiger partial charge is 0.326 e. The first-order chi connectivity index (χ1) is 10.0. The van der Waals surface area contributed by atoms with Crippen LogP contribution in [0.3, 0.4) is 0 Å². The number of aryl methyl sites for hydroxylation is 2. The average molecular weight is 292 g/mol. The van der Waals surface area contributed by atoms with Crippen molar-refractivity contribution in [2.45, 2.75) is 32.2 Å². The van der Waals surface area contributed by atoms with Gasteiger partial charge < -0.3 is 15.5 Å². The number of fused-ring (bicyclic) bond motifs is 1. The highest BCUT2D eigenvalue weighted by Crippen LogP contribution is 2.28. The van der Waals surface area contributed by atoms with Crippen molar-refractivity contribution in [2.24, 2.45) is 0 Å². The molecule has 0 radical (unpaired) electrons. The summed E-state index contributed by atoms with van der Waals surface area (Å²) < 4.78 is 0. The lowest BCUT2D eigenvalue weighted by molar-refractivity contribution is -0.139. The van der Waals surface area contributed by atoms with Crippen LogP contribution in [0.25, 0.3) is 0 Å². The zero-order valence-electron chi connectivity index (χ0n) is 12.0. The summed E-state index contributed by atoms with van der Waals surface area (Å²) in [5, 5.41) is 20.4. The van der Waals surface area contributed by atoms with Crippen LogP contribution in [0.1, 0.15) is 24.0 Å². The molecular formula is C15H20N2O4. The number of carboxylic acids is 1. The Hall–Kier alpha value is -2.08. The van der Waals surface area contributed by atoms with E-state index in [-0.39, 0.29) is 13.0 Å². The van der Waals surface area contributed by atoms with Gasteiger partial charge in [0.05, 0.1) is 0 Å². The Kier molecular flexibility index (Phi) is 4.80. The van der Waals surface area contributed by atoms with Gasteiger partial charge in [0.15, 0.2) is 0 Å². The summed E-state index contributed by atoms with van der Waals surface area (Å²) in [6, 6.07) is 4.38. The molecule has 1 aromatic rings.